The van der Waals surface area contributed by atoms with Crippen molar-refractivity contribution in [1.29, 1.82) is 0 Å². The zero-order valence-electron chi connectivity index (χ0n) is 12.4. The number of nitrogens with one attached hydrogen (secondary N) is 1. The van der Waals surface area contributed by atoms with Crippen LogP contribution < -0.4 is 10.1 Å². The molecule has 0 aliphatic heterocycles. The van der Waals surface area contributed by atoms with Gasteiger partial charge in [-0.2, -0.15) is 0 Å². The molecule has 6 heteroatoms. The van der Waals surface area contributed by atoms with E-state index in [0.29, 0.717) is 17.3 Å². The Morgan fingerprint density at radius 2 is 1.70 bits per heavy atom. The first-order chi connectivity index (χ1) is 11.1. The van der Waals surface area contributed by atoms with Gasteiger partial charge in [0, 0.05) is 11.6 Å². The van der Waals surface area contributed by atoms with Crippen molar-refractivity contribution >= 4 is 11.6 Å². The van der Waals surface area contributed by atoms with Gasteiger partial charge in [0.25, 0.3) is 6.43 Å². The molecule has 2 rings (SSSR count). The highest BCUT2D eigenvalue weighted by Crippen LogP contribution is 2.18. The lowest BCUT2D eigenvalue weighted by Gasteiger charge is -2.17. The largest absolute Gasteiger partial charge is 0.488 e. The van der Waals surface area contributed by atoms with Crippen LogP contribution in [0.5, 0.6) is 5.75 Å². The van der Waals surface area contributed by atoms with Crippen molar-refractivity contribution in [2.75, 3.05) is 13.2 Å². The van der Waals surface area contributed by atoms with Crippen molar-refractivity contribution in [3.05, 3.63) is 64.7 Å². The average molecular weight is 342 g/mol. The van der Waals surface area contributed by atoms with Gasteiger partial charge in [-0.25, -0.2) is 8.78 Å². The summed E-state index contributed by atoms with van der Waals surface area (Å²) in [4.78, 5) is 0. The van der Waals surface area contributed by atoms with Crippen LogP contribution in [0.4, 0.5) is 8.78 Å². The van der Waals surface area contributed by atoms with Crippen LogP contribution in [-0.4, -0.2) is 24.7 Å². The molecule has 23 heavy (non-hydrogen) atoms. The zero-order valence-corrected chi connectivity index (χ0v) is 13.1. The van der Waals surface area contributed by atoms with Crippen LogP contribution in [0.1, 0.15) is 17.2 Å². The standard InChI is InChI=1S/C17H18ClF2NO2/c18-14-5-3-13(4-6-14)16(10-22)21-9-12-1-7-15(8-2-12)23-11-17(19)20/h1-8,16-17,21-22H,9-11H2. The molecule has 0 saturated carbocycles. The molecule has 0 spiro atoms. The lowest BCUT2D eigenvalue weighted by molar-refractivity contribution is 0.0819. The van der Waals surface area contributed by atoms with Gasteiger partial charge in [-0.3, -0.25) is 0 Å². The fourth-order valence-corrected chi connectivity index (χ4v) is 2.21. The molecule has 124 valence electrons. The number of aliphatic hydroxyl groups is 1. The molecule has 1 atom stereocenters. The summed E-state index contributed by atoms with van der Waals surface area (Å²) in [5.41, 5.74) is 1.90. The van der Waals surface area contributed by atoms with Crippen molar-refractivity contribution in [3.8, 4) is 5.75 Å². The Balaban J connectivity index is 1.89. The van der Waals surface area contributed by atoms with Gasteiger partial charge in [0.15, 0.2) is 0 Å². The highest BCUT2D eigenvalue weighted by atomic mass is 35.5. The summed E-state index contributed by atoms with van der Waals surface area (Å²) in [6.45, 7) is -0.124. The average Bonchev–Trinajstić information content (AvgIpc) is 2.56. The summed E-state index contributed by atoms with van der Waals surface area (Å²) < 4.78 is 29.1. The fraction of sp³-hybridized carbons (Fsp3) is 0.294. The predicted octanol–water partition coefficient (Wildman–Crippen LogP) is 3.81. The second-order valence-electron chi connectivity index (χ2n) is 5.01. The topological polar surface area (TPSA) is 41.5 Å². The Kier molecular flexibility index (Phi) is 6.77. The molecule has 0 aliphatic carbocycles. The monoisotopic (exact) mass is 341 g/mol. The highest BCUT2D eigenvalue weighted by Gasteiger charge is 2.10. The SMILES string of the molecule is OCC(NCc1ccc(OCC(F)F)cc1)c1ccc(Cl)cc1. The molecule has 1 unspecified atom stereocenters. The quantitative estimate of drug-likeness (QED) is 0.767. The summed E-state index contributed by atoms with van der Waals surface area (Å²) in [6, 6.07) is 13.9. The van der Waals surface area contributed by atoms with Crippen LogP contribution in [0.25, 0.3) is 0 Å². The maximum absolute atomic E-state index is 12.1. The minimum Gasteiger partial charge on any atom is -0.488 e. The number of hydrogen-bond acceptors (Lipinski definition) is 3. The van der Waals surface area contributed by atoms with Gasteiger partial charge in [0.2, 0.25) is 0 Å². The number of aliphatic hydroxyl groups excluding tert-OH is 1. The maximum atomic E-state index is 12.1. The van der Waals surface area contributed by atoms with E-state index in [9.17, 15) is 13.9 Å². The van der Waals surface area contributed by atoms with E-state index in [-0.39, 0.29) is 12.6 Å². The van der Waals surface area contributed by atoms with Crippen LogP contribution in [-0.2, 0) is 6.54 Å². The Morgan fingerprint density at radius 3 is 2.26 bits per heavy atom. The van der Waals surface area contributed by atoms with Gasteiger partial charge in [0.05, 0.1) is 12.6 Å². The Bertz CT molecular complexity index is 591. The Hall–Kier alpha value is -1.69. The van der Waals surface area contributed by atoms with Gasteiger partial charge < -0.3 is 15.2 Å². The molecule has 2 N–H and O–H groups in total. The normalized spacial score (nSPS) is 12.4. The number of alkyl halides is 2. The number of halogens is 3. The van der Waals surface area contributed by atoms with Gasteiger partial charge in [-0.15, -0.1) is 0 Å². The van der Waals surface area contributed by atoms with E-state index < -0.39 is 13.0 Å². The third kappa shape index (κ3) is 5.78. The second-order valence-corrected chi connectivity index (χ2v) is 5.45. The lowest BCUT2D eigenvalue weighted by atomic mass is 10.1. The van der Waals surface area contributed by atoms with E-state index in [2.05, 4.69) is 5.32 Å². The minimum absolute atomic E-state index is 0.0444. The number of hydrogen-bond donors (Lipinski definition) is 2. The molecule has 3 nitrogen and oxygen atoms in total. The van der Waals surface area contributed by atoms with Crippen LogP contribution in [0.2, 0.25) is 5.02 Å². The molecule has 0 bridgehead atoms. The smallest absolute Gasteiger partial charge is 0.272 e. The predicted molar refractivity (Wildman–Crippen MR) is 86.1 cm³/mol. The van der Waals surface area contributed by atoms with Crippen LogP contribution >= 0.6 is 11.6 Å². The van der Waals surface area contributed by atoms with Crippen LogP contribution in [0.15, 0.2) is 48.5 Å². The Morgan fingerprint density at radius 1 is 1.04 bits per heavy atom. The van der Waals surface area contributed by atoms with E-state index >= 15 is 0 Å². The molecule has 0 amide bonds. The fourth-order valence-electron chi connectivity index (χ4n) is 2.09. The van der Waals surface area contributed by atoms with E-state index in [4.69, 9.17) is 16.3 Å². The van der Waals surface area contributed by atoms with Gasteiger partial charge in [-0.05, 0) is 35.4 Å². The van der Waals surface area contributed by atoms with Gasteiger partial charge in [-0.1, -0.05) is 35.9 Å². The molecule has 0 saturated heterocycles. The molecular weight excluding hydrogens is 324 g/mol. The first-order valence-corrected chi connectivity index (χ1v) is 7.56. The van der Waals surface area contributed by atoms with Crippen molar-refractivity contribution in [2.24, 2.45) is 0 Å². The van der Waals surface area contributed by atoms with Crippen molar-refractivity contribution in [3.63, 3.8) is 0 Å². The summed E-state index contributed by atoms with van der Waals surface area (Å²) in [5, 5.41) is 13.4. The maximum Gasteiger partial charge on any atom is 0.272 e. The lowest BCUT2D eigenvalue weighted by Crippen LogP contribution is -2.23. The summed E-state index contributed by atoms with van der Waals surface area (Å²) in [7, 11) is 0. The first-order valence-electron chi connectivity index (χ1n) is 7.18. The minimum atomic E-state index is -2.49. The van der Waals surface area contributed by atoms with E-state index in [0.717, 1.165) is 11.1 Å². The molecule has 0 fully saturated rings. The molecule has 0 aromatic heterocycles. The molecule has 0 radical (unpaired) electrons. The summed E-state index contributed by atoms with van der Waals surface area (Å²) in [6.07, 6.45) is -2.49. The van der Waals surface area contributed by atoms with Crippen LogP contribution in [0, 0.1) is 0 Å². The molecular formula is C17H18ClF2NO2. The third-order valence-corrected chi connectivity index (χ3v) is 3.56. The zero-order chi connectivity index (χ0) is 16.7. The Labute approximate surface area is 138 Å². The van der Waals surface area contributed by atoms with E-state index in [1.54, 1.807) is 36.4 Å². The first kappa shape index (κ1) is 17.7. The number of rotatable bonds is 8. The number of benzene rings is 2. The molecule has 0 aliphatic rings. The van der Waals surface area contributed by atoms with Crippen molar-refractivity contribution < 1.29 is 18.6 Å². The summed E-state index contributed by atoms with van der Waals surface area (Å²) in [5.74, 6) is 0.408. The molecule has 2 aromatic carbocycles. The van der Waals surface area contributed by atoms with E-state index in [1.165, 1.54) is 0 Å². The van der Waals surface area contributed by atoms with Crippen molar-refractivity contribution in [2.45, 2.75) is 19.0 Å². The molecule has 0 heterocycles. The highest BCUT2D eigenvalue weighted by molar-refractivity contribution is 6.30. The van der Waals surface area contributed by atoms with Crippen LogP contribution in [0.3, 0.4) is 0 Å². The molecule has 2 aromatic rings. The third-order valence-electron chi connectivity index (χ3n) is 3.31. The summed E-state index contributed by atoms with van der Waals surface area (Å²) >= 11 is 5.85. The van der Waals surface area contributed by atoms with Crippen molar-refractivity contribution in [1.82, 2.24) is 5.32 Å². The van der Waals surface area contributed by atoms with Gasteiger partial charge >= 0.3 is 0 Å². The van der Waals surface area contributed by atoms with E-state index in [1.807, 2.05) is 12.1 Å². The number of ether oxygens (including phenoxy) is 1. The second kappa shape index (κ2) is 8.82. The van der Waals surface area contributed by atoms with Gasteiger partial charge in [0.1, 0.15) is 12.4 Å².